The van der Waals surface area contributed by atoms with Crippen molar-refractivity contribution in [3.05, 3.63) is 7.43 Å². The van der Waals surface area contributed by atoms with Crippen LogP contribution in [0.4, 0.5) is 0 Å². The van der Waals surface area contributed by atoms with Crippen molar-refractivity contribution in [1.29, 1.82) is 0 Å². The summed E-state index contributed by atoms with van der Waals surface area (Å²) in [6, 6.07) is 0. The molecule has 0 aromatic carbocycles. The third-order valence-electron chi connectivity index (χ3n) is 0. The first-order valence-corrected chi connectivity index (χ1v) is 2.34. The molecule has 0 N–H and O–H groups in total. The van der Waals surface area contributed by atoms with Crippen molar-refractivity contribution in [3.63, 3.8) is 0 Å². The fourth-order valence-electron chi connectivity index (χ4n) is 0. The van der Waals surface area contributed by atoms with Crippen LogP contribution in [0.2, 0.25) is 0 Å². The van der Waals surface area contributed by atoms with Crippen molar-refractivity contribution in [2.75, 3.05) is 21.1 Å². The van der Waals surface area contributed by atoms with Crippen molar-refractivity contribution in [2.24, 2.45) is 0 Å². The molecule has 0 aromatic rings. The van der Waals surface area contributed by atoms with Crippen LogP contribution in [-0.2, 0) is 32.7 Å². The zero-order valence-corrected chi connectivity index (χ0v) is 9.86. The predicted molar refractivity (Wildman–Crippen MR) is 37.4 cm³/mol. The van der Waals surface area contributed by atoms with E-state index in [0.29, 0.717) is 0 Å². The standard InChI is InChI=1S/C3H9N.C2H6.CH3.Y/c1-4(2)3;1-2;;/h1-3H3;1-2H3;1H3;/q;;-1;. The topological polar surface area (TPSA) is 3.24 Å². The molecule has 0 aliphatic rings. The molecule has 0 bridgehead atoms. The normalized spacial score (nSPS) is 5.25. The van der Waals surface area contributed by atoms with Gasteiger partial charge >= 0.3 is 0 Å². The molecule has 0 aliphatic heterocycles. The van der Waals surface area contributed by atoms with Gasteiger partial charge in [0.15, 0.2) is 0 Å². The van der Waals surface area contributed by atoms with Crippen LogP contribution in [0.1, 0.15) is 13.8 Å². The van der Waals surface area contributed by atoms with Crippen molar-refractivity contribution < 1.29 is 32.7 Å². The van der Waals surface area contributed by atoms with Gasteiger partial charge in [-0.1, -0.05) is 13.8 Å². The molecule has 0 fully saturated rings. The van der Waals surface area contributed by atoms with Crippen molar-refractivity contribution >= 4 is 0 Å². The Balaban J connectivity index is -0.0000000183. The molecule has 1 nitrogen and oxygen atoms in total. The molecule has 8 heavy (non-hydrogen) atoms. The van der Waals surface area contributed by atoms with Gasteiger partial charge in [-0.3, -0.25) is 0 Å². The number of rotatable bonds is 0. The van der Waals surface area contributed by atoms with Gasteiger partial charge in [-0.15, -0.1) is 0 Å². The summed E-state index contributed by atoms with van der Waals surface area (Å²) < 4.78 is 0. The maximum atomic E-state index is 2.00. The van der Waals surface area contributed by atoms with Gasteiger partial charge in [0.2, 0.25) is 0 Å². The molecule has 0 saturated heterocycles. The molecule has 0 amide bonds. The van der Waals surface area contributed by atoms with E-state index in [0.717, 1.165) is 0 Å². The van der Waals surface area contributed by atoms with Crippen LogP contribution in [0.3, 0.4) is 0 Å². The molecule has 1 radical (unpaired) electrons. The third-order valence-corrected chi connectivity index (χ3v) is 0. The molecule has 0 rings (SSSR count). The fourth-order valence-corrected chi connectivity index (χ4v) is 0. The first kappa shape index (κ1) is 23.0. The minimum Gasteiger partial charge on any atom is -0.358 e. The Labute approximate surface area is 79.7 Å². The zero-order valence-electron chi connectivity index (χ0n) is 7.02. The molecular weight excluding hydrogens is 175 g/mol. The van der Waals surface area contributed by atoms with Crippen LogP contribution in [0.25, 0.3) is 0 Å². The monoisotopic (exact) mass is 193 g/mol. The first-order chi connectivity index (χ1) is 2.73. The van der Waals surface area contributed by atoms with E-state index < -0.39 is 0 Å². The second kappa shape index (κ2) is 24.4. The largest absolute Gasteiger partial charge is 0.358 e. The zero-order chi connectivity index (χ0) is 5.58. The molecule has 0 aromatic heterocycles. The van der Waals surface area contributed by atoms with Crippen molar-refractivity contribution in [2.45, 2.75) is 13.8 Å². The summed E-state index contributed by atoms with van der Waals surface area (Å²) in [5.74, 6) is 0. The Kier molecular flexibility index (Phi) is 70.0. The van der Waals surface area contributed by atoms with E-state index >= 15 is 0 Å². The van der Waals surface area contributed by atoms with Gasteiger partial charge in [0.05, 0.1) is 0 Å². The Bertz CT molecular complexity index is 13.2. The quantitative estimate of drug-likeness (QED) is 0.529. The Hall–Kier alpha value is 1.06. The minimum absolute atomic E-state index is 0. The first-order valence-electron chi connectivity index (χ1n) is 2.34. The van der Waals surface area contributed by atoms with E-state index in [-0.39, 0.29) is 40.1 Å². The summed E-state index contributed by atoms with van der Waals surface area (Å²) in [7, 11) is 6.00. The Morgan fingerprint density at radius 3 is 0.875 bits per heavy atom. The molecule has 51 valence electrons. The van der Waals surface area contributed by atoms with E-state index in [1.807, 2.05) is 39.9 Å². The van der Waals surface area contributed by atoms with Gasteiger partial charge < -0.3 is 12.3 Å². The smallest absolute Gasteiger partial charge is 0 e. The Morgan fingerprint density at radius 1 is 0.875 bits per heavy atom. The summed E-state index contributed by atoms with van der Waals surface area (Å²) >= 11 is 0. The number of hydrogen-bond donors (Lipinski definition) is 0. The van der Waals surface area contributed by atoms with E-state index in [1.165, 1.54) is 0 Å². The maximum absolute atomic E-state index is 2.00. The van der Waals surface area contributed by atoms with Crippen LogP contribution in [0, 0.1) is 7.43 Å². The maximum Gasteiger partial charge on any atom is 0 e. The molecule has 0 aliphatic carbocycles. The average molecular weight is 193 g/mol. The van der Waals surface area contributed by atoms with Crippen molar-refractivity contribution in [3.8, 4) is 0 Å². The second-order valence-electron chi connectivity index (χ2n) is 1.34. The van der Waals surface area contributed by atoms with Crippen LogP contribution >= 0.6 is 0 Å². The van der Waals surface area contributed by atoms with Gasteiger partial charge in [-0.25, -0.2) is 0 Å². The van der Waals surface area contributed by atoms with Gasteiger partial charge in [-0.05, 0) is 21.1 Å². The minimum atomic E-state index is 0. The molecule has 0 saturated carbocycles. The number of nitrogens with zero attached hydrogens (tertiary/aromatic N) is 1. The molecule has 0 unspecified atom stereocenters. The van der Waals surface area contributed by atoms with E-state index in [9.17, 15) is 0 Å². The van der Waals surface area contributed by atoms with Gasteiger partial charge in [0.25, 0.3) is 0 Å². The molecular formula is C6H18NY-. The summed E-state index contributed by atoms with van der Waals surface area (Å²) in [4.78, 5) is 2.00. The fraction of sp³-hybridized carbons (Fsp3) is 0.833. The number of hydrogen-bond acceptors (Lipinski definition) is 1. The van der Waals surface area contributed by atoms with E-state index in [1.54, 1.807) is 0 Å². The Morgan fingerprint density at radius 2 is 0.875 bits per heavy atom. The molecule has 2 heteroatoms. The van der Waals surface area contributed by atoms with E-state index in [4.69, 9.17) is 0 Å². The van der Waals surface area contributed by atoms with Crippen LogP contribution in [0.15, 0.2) is 0 Å². The van der Waals surface area contributed by atoms with Gasteiger partial charge in [0, 0.05) is 32.7 Å². The second-order valence-corrected chi connectivity index (χ2v) is 1.34. The van der Waals surface area contributed by atoms with Gasteiger partial charge in [-0.2, -0.15) is 0 Å². The summed E-state index contributed by atoms with van der Waals surface area (Å²) in [5, 5.41) is 0. The molecule has 0 spiro atoms. The van der Waals surface area contributed by atoms with Crippen LogP contribution < -0.4 is 0 Å². The average Bonchev–Trinajstić information content (AvgIpc) is 1.41. The van der Waals surface area contributed by atoms with Gasteiger partial charge in [0.1, 0.15) is 0 Å². The summed E-state index contributed by atoms with van der Waals surface area (Å²) in [5.41, 5.74) is 0. The summed E-state index contributed by atoms with van der Waals surface area (Å²) in [6.45, 7) is 4.00. The predicted octanol–water partition coefficient (Wildman–Crippen LogP) is 1.65. The summed E-state index contributed by atoms with van der Waals surface area (Å²) in [6.07, 6.45) is 0. The SMILES string of the molecule is CC.CN(C)C.[CH3-].[Y]. The van der Waals surface area contributed by atoms with E-state index in [2.05, 4.69) is 0 Å². The third kappa shape index (κ3) is 229. The molecule has 0 heterocycles. The van der Waals surface area contributed by atoms with Crippen LogP contribution in [-0.4, -0.2) is 26.0 Å². The van der Waals surface area contributed by atoms with Crippen LogP contribution in [0.5, 0.6) is 0 Å². The molecule has 0 atom stereocenters. The van der Waals surface area contributed by atoms with Crippen molar-refractivity contribution in [1.82, 2.24) is 4.90 Å².